The molecule has 2 rings (SSSR count). The first-order valence-electron chi connectivity index (χ1n) is 9.33. The maximum atomic E-state index is 12.7. The van der Waals surface area contributed by atoms with Crippen LogP contribution in [0.3, 0.4) is 0 Å². The first-order valence-corrected chi connectivity index (χ1v) is 9.33. The Labute approximate surface area is 166 Å². The third-order valence-corrected chi connectivity index (χ3v) is 4.37. The van der Waals surface area contributed by atoms with E-state index in [1.165, 1.54) is 0 Å². The summed E-state index contributed by atoms with van der Waals surface area (Å²) < 4.78 is 10.5. The van der Waals surface area contributed by atoms with E-state index >= 15 is 0 Å². The number of ether oxygens (including phenoxy) is 2. The van der Waals surface area contributed by atoms with Crippen LogP contribution in [-0.2, 0) is 9.53 Å². The standard InChI is InChI=1S/C21H29N3O4/c1-3-24(14-13-23-17-9-11-18(27-2)12-10-17)20(25)15-19(28-21(22)26)16-7-5-4-6-8-16/h4-12,19,21,23,26H,3,13-15,22H2,1-2H3/t19-,21?/m1/s1. The summed E-state index contributed by atoms with van der Waals surface area (Å²) in [6.07, 6.45) is -1.93. The number of likely N-dealkylation sites (N-methyl/N-ethyl adjacent to an activating group) is 1. The molecule has 7 nitrogen and oxygen atoms in total. The van der Waals surface area contributed by atoms with Crippen molar-refractivity contribution in [2.24, 2.45) is 5.73 Å². The van der Waals surface area contributed by atoms with Crippen LogP contribution in [0.5, 0.6) is 5.75 Å². The number of amides is 1. The second-order valence-corrected chi connectivity index (χ2v) is 6.26. The van der Waals surface area contributed by atoms with Crippen LogP contribution in [0.25, 0.3) is 0 Å². The minimum Gasteiger partial charge on any atom is -0.497 e. The maximum Gasteiger partial charge on any atom is 0.225 e. The molecule has 2 aromatic rings. The Hall–Kier alpha value is -2.61. The minimum absolute atomic E-state index is 0.0615. The van der Waals surface area contributed by atoms with Crippen molar-refractivity contribution in [2.45, 2.75) is 25.9 Å². The molecule has 28 heavy (non-hydrogen) atoms. The van der Waals surface area contributed by atoms with E-state index in [0.717, 1.165) is 17.0 Å². The number of methoxy groups -OCH3 is 1. The summed E-state index contributed by atoms with van der Waals surface area (Å²) in [5.74, 6) is 0.735. The Morgan fingerprint density at radius 1 is 1.18 bits per heavy atom. The monoisotopic (exact) mass is 387 g/mol. The average molecular weight is 387 g/mol. The molecule has 7 heteroatoms. The molecule has 2 atom stereocenters. The highest BCUT2D eigenvalue weighted by molar-refractivity contribution is 5.77. The second-order valence-electron chi connectivity index (χ2n) is 6.26. The van der Waals surface area contributed by atoms with E-state index in [0.29, 0.717) is 19.6 Å². The summed E-state index contributed by atoms with van der Waals surface area (Å²) in [6.45, 7) is 3.67. The van der Waals surface area contributed by atoms with Gasteiger partial charge in [-0.05, 0) is 36.8 Å². The van der Waals surface area contributed by atoms with Gasteiger partial charge < -0.3 is 24.8 Å². The lowest BCUT2D eigenvalue weighted by Crippen LogP contribution is -2.36. The Kier molecular flexibility index (Phi) is 8.74. The van der Waals surface area contributed by atoms with Crippen molar-refractivity contribution >= 4 is 11.6 Å². The number of anilines is 1. The lowest BCUT2D eigenvalue weighted by molar-refractivity contribution is -0.151. The highest BCUT2D eigenvalue weighted by atomic mass is 16.6. The first-order chi connectivity index (χ1) is 13.5. The fourth-order valence-electron chi connectivity index (χ4n) is 2.87. The maximum absolute atomic E-state index is 12.7. The predicted molar refractivity (Wildman–Crippen MR) is 109 cm³/mol. The largest absolute Gasteiger partial charge is 0.497 e. The normalized spacial score (nSPS) is 12.9. The van der Waals surface area contributed by atoms with Gasteiger partial charge in [0, 0.05) is 25.3 Å². The summed E-state index contributed by atoms with van der Waals surface area (Å²) in [5, 5.41) is 12.7. The number of carbonyl (C=O) groups excluding carboxylic acids is 1. The Bertz CT molecular complexity index is 707. The van der Waals surface area contributed by atoms with Gasteiger partial charge in [0.05, 0.1) is 19.6 Å². The average Bonchev–Trinajstić information content (AvgIpc) is 2.71. The minimum atomic E-state index is -1.44. The molecule has 0 saturated heterocycles. The fourth-order valence-corrected chi connectivity index (χ4v) is 2.87. The van der Waals surface area contributed by atoms with Gasteiger partial charge in [0.25, 0.3) is 0 Å². The third-order valence-electron chi connectivity index (χ3n) is 4.37. The number of nitrogens with one attached hydrogen (secondary N) is 1. The van der Waals surface area contributed by atoms with Crippen molar-refractivity contribution in [2.75, 3.05) is 32.1 Å². The van der Waals surface area contributed by atoms with Crippen LogP contribution in [-0.4, -0.2) is 49.1 Å². The van der Waals surface area contributed by atoms with Gasteiger partial charge in [-0.1, -0.05) is 30.3 Å². The molecule has 0 saturated carbocycles. The molecule has 1 amide bonds. The van der Waals surface area contributed by atoms with Gasteiger partial charge in [0.1, 0.15) is 5.75 Å². The number of benzene rings is 2. The van der Waals surface area contributed by atoms with Crippen LogP contribution in [0.2, 0.25) is 0 Å². The van der Waals surface area contributed by atoms with Crippen LogP contribution < -0.4 is 15.8 Å². The summed E-state index contributed by atoms with van der Waals surface area (Å²) in [4.78, 5) is 14.5. The lowest BCUT2D eigenvalue weighted by Gasteiger charge is -2.25. The van der Waals surface area contributed by atoms with Crippen LogP contribution in [0.4, 0.5) is 5.69 Å². The summed E-state index contributed by atoms with van der Waals surface area (Å²) in [6, 6.07) is 16.9. The quantitative estimate of drug-likeness (QED) is 0.512. The number of aliphatic hydroxyl groups excluding tert-OH is 1. The van der Waals surface area contributed by atoms with Gasteiger partial charge in [0.2, 0.25) is 12.3 Å². The summed E-state index contributed by atoms with van der Waals surface area (Å²) >= 11 is 0. The second kappa shape index (κ2) is 11.3. The predicted octanol–water partition coefficient (Wildman–Crippen LogP) is 2.34. The molecule has 0 aromatic heterocycles. The van der Waals surface area contributed by atoms with Crippen LogP contribution in [0.15, 0.2) is 54.6 Å². The van der Waals surface area contributed by atoms with Gasteiger partial charge in [-0.25, -0.2) is 0 Å². The lowest BCUT2D eigenvalue weighted by atomic mass is 10.1. The molecule has 1 unspecified atom stereocenters. The molecule has 0 fully saturated rings. The van der Waals surface area contributed by atoms with Crippen molar-refractivity contribution in [3.63, 3.8) is 0 Å². The molecular formula is C21H29N3O4. The van der Waals surface area contributed by atoms with E-state index in [1.54, 1.807) is 12.0 Å². The molecule has 0 aliphatic carbocycles. The van der Waals surface area contributed by atoms with Crippen LogP contribution in [0, 0.1) is 0 Å². The zero-order valence-electron chi connectivity index (χ0n) is 16.4. The summed E-state index contributed by atoms with van der Waals surface area (Å²) in [5.41, 5.74) is 7.13. The highest BCUT2D eigenvalue weighted by Crippen LogP contribution is 2.22. The molecule has 0 spiro atoms. The molecule has 0 aliphatic rings. The van der Waals surface area contributed by atoms with Gasteiger partial charge in [-0.3, -0.25) is 10.5 Å². The fraction of sp³-hybridized carbons (Fsp3) is 0.381. The van der Waals surface area contributed by atoms with Crippen LogP contribution in [0.1, 0.15) is 25.0 Å². The smallest absolute Gasteiger partial charge is 0.225 e. The van der Waals surface area contributed by atoms with Gasteiger partial charge in [0.15, 0.2) is 0 Å². The Morgan fingerprint density at radius 2 is 1.86 bits per heavy atom. The molecule has 0 heterocycles. The zero-order chi connectivity index (χ0) is 20.4. The van der Waals surface area contributed by atoms with E-state index in [-0.39, 0.29) is 12.3 Å². The Balaban J connectivity index is 1.91. The molecule has 0 bridgehead atoms. The van der Waals surface area contributed by atoms with Gasteiger partial charge in [-0.15, -0.1) is 0 Å². The third kappa shape index (κ3) is 6.84. The number of nitrogens with zero attached hydrogens (tertiary/aromatic N) is 1. The number of hydrogen-bond acceptors (Lipinski definition) is 6. The number of hydrogen-bond donors (Lipinski definition) is 3. The van der Waals surface area contributed by atoms with Crippen molar-refractivity contribution in [3.05, 3.63) is 60.2 Å². The topological polar surface area (TPSA) is 97.0 Å². The molecule has 2 aromatic carbocycles. The SMILES string of the molecule is CCN(CCNc1ccc(OC)cc1)C(=O)C[C@@H](OC(N)O)c1ccccc1. The zero-order valence-corrected chi connectivity index (χ0v) is 16.4. The van der Waals surface area contributed by atoms with E-state index in [4.69, 9.17) is 15.2 Å². The first kappa shape index (κ1) is 21.7. The van der Waals surface area contributed by atoms with E-state index in [9.17, 15) is 9.90 Å². The van der Waals surface area contributed by atoms with Gasteiger partial charge in [-0.2, -0.15) is 0 Å². The molecular weight excluding hydrogens is 358 g/mol. The molecule has 0 aliphatic heterocycles. The molecule has 0 radical (unpaired) electrons. The summed E-state index contributed by atoms with van der Waals surface area (Å²) in [7, 11) is 1.63. The van der Waals surface area contributed by atoms with Crippen molar-refractivity contribution in [1.82, 2.24) is 4.90 Å². The molecule has 152 valence electrons. The van der Waals surface area contributed by atoms with Crippen molar-refractivity contribution < 1.29 is 19.4 Å². The van der Waals surface area contributed by atoms with E-state index in [1.807, 2.05) is 61.5 Å². The van der Waals surface area contributed by atoms with Gasteiger partial charge >= 0.3 is 0 Å². The van der Waals surface area contributed by atoms with Crippen LogP contribution >= 0.6 is 0 Å². The van der Waals surface area contributed by atoms with E-state index < -0.39 is 12.5 Å². The number of aliphatic hydroxyl groups is 1. The van der Waals surface area contributed by atoms with Crippen molar-refractivity contribution in [1.29, 1.82) is 0 Å². The van der Waals surface area contributed by atoms with Crippen molar-refractivity contribution in [3.8, 4) is 5.75 Å². The number of carbonyl (C=O) groups is 1. The van der Waals surface area contributed by atoms with E-state index in [2.05, 4.69) is 5.32 Å². The number of nitrogens with two attached hydrogens (primary N) is 1. The highest BCUT2D eigenvalue weighted by Gasteiger charge is 2.22. The Morgan fingerprint density at radius 3 is 2.43 bits per heavy atom. The number of rotatable bonds is 11. The molecule has 4 N–H and O–H groups in total.